The Balaban J connectivity index is 2.12. The van der Waals surface area contributed by atoms with Crippen LogP contribution in [0.1, 0.15) is 30.0 Å². The van der Waals surface area contributed by atoms with E-state index < -0.39 is 9.84 Å². The average molecular weight is 311 g/mol. The predicted molar refractivity (Wildman–Crippen MR) is 85.6 cm³/mol. The summed E-state index contributed by atoms with van der Waals surface area (Å²) in [5, 5.41) is -0.221. The van der Waals surface area contributed by atoms with Gasteiger partial charge in [-0.15, -0.1) is 0 Å². The van der Waals surface area contributed by atoms with Crippen LogP contribution in [0.15, 0.2) is 12.1 Å². The van der Waals surface area contributed by atoms with E-state index in [4.69, 9.17) is 4.74 Å². The molecule has 118 valence electrons. The van der Waals surface area contributed by atoms with Crippen LogP contribution in [-0.2, 0) is 16.4 Å². The van der Waals surface area contributed by atoms with Crippen LogP contribution in [0.3, 0.4) is 0 Å². The Morgan fingerprint density at radius 3 is 2.43 bits per heavy atom. The minimum atomic E-state index is -2.91. The Kier molecular flexibility index (Phi) is 4.94. The van der Waals surface area contributed by atoms with Crippen molar-refractivity contribution in [2.24, 2.45) is 0 Å². The van der Waals surface area contributed by atoms with Gasteiger partial charge in [-0.3, -0.25) is 4.90 Å². The zero-order valence-corrected chi connectivity index (χ0v) is 14.2. The van der Waals surface area contributed by atoms with Crippen molar-refractivity contribution in [3.05, 3.63) is 28.8 Å². The molecular weight excluding hydrogens is 286 g/mol. The van der Waals surface area contributed by atoms with Crippen LogP contribution < -0.4 is 4.74 Å². The standard InChI is InChI=1S/C16H25NO3S/c1-12-9-15(10-13(2)16(12)20-4)11-17-6-5-14(3)21(18,19)8-7-17/h9-10,14H,5-8,11H2,1-4H3/t14-/m1/s1. The highest BCUT2D eigenvalue weighted by atomic mass is 32.2. The van der Waals surface area contributed by atoms with Gasteiger partial charge >= 0.3 is 0 Å². The summed E-state index contributed by atoms with van der Waals surface area (Å²) in [6.07, 6.45) is 0.719. The molecule has 0 unspecified atom stereocenters. The minimum absolute atomic E-state index is 0.221. The molecule has 1 saturated heterocycles. The lowest BCUT2D eigenvalue weighted by Gasteiger charge is -2.20. The van der Waals surface area contributed by atoms with Crippen molar-refractivity contribution in [3.63, 3.8) is 0 Å². The molecule has 4 nitrogen and oxygen atoms in total. The summed E-state index contributed by atoms with van der Waals surface area (Å²) in [4.78, 5) is 2.24. The number of benzene rings is 1. The highest BCUT2D eigenvalue weighted by Gasteiger charge is 2.26. The molecule has 1 aromatic carbocycles. The molecule has 1 aliphatic rings. The van der Waals surface area contributed by atoms with Gasteiger partial charge in [0.15, 0.2) is 9.84 Å². The largest absolute Gasteiger partial charge is 0.496 e. The van der Waals surface area contributed by atoms with E-state index in [-0.39, 0.29) is 11.0 Å². The molecule has 1 atom stereocenters. The Labute approximate surface area is 128 Å². The summed E-state index contributed by atoms with van der Waals surface area (Å²) < 4.78 is 29.3. The third-order valence-corrected chi connectivity index (χ3v) is 6.50. The molecule has 1 heterocycles. The molecule has 0 bridgehead atoms. The van der Waals surface area contributed by atoms with E-state index in [9.17, 15) is 8.42 Å². The zero-order chi connectivity index (χ0) is 15.6. The molecule has 1 aliphatic heterocycles. The van der Waals surface area contributed by atoms with Gasteiger partial charge in [-0.05, 0) is 50.4 Å². The number of rotatable bonds is 3. The fourth-order valence-electron chi connectivity index (χ4n) is 2.98. The molecule has 0 N–H and O–H groups in total. The molecule has 1 fully saturated rings. The Hall–Kier alpha value is -1.07. The van der Waals surface area contributed by atoms with Crippen LogP contribution in [0.4, 0.5) is 0 Å². The van der Waals surface area contributed by atoms with Gasteiger partial charge in [0.25, 0.3) is 0 Å². The molecule has 0 aliphatic carbocycles. The lowest BCUT2D eigenvalue weighted by atomic mass is 10.1. The first-order valence-corrected chi connectivity index (χ1v) is 9.13. The van der Waals surface area contributed by atoms with Crippen LogP contribution >= 0.6 is 0 Å². The first-order chi connectivity index (χ1) is 9.83. The SMILES string of the molecule is COc1c(C)cc(CN2CC[C@@H](C)S(=O)(=O)CC2)cc1C. The zero-order valence-electron chi connectivity index (χ0n) is 13.3. The summed E-state index contributed by atoms with van der Waals surface area (Å²) in [7, 11) is -1.22. The Bertz CT molecular complexity index is 587. The first kappa shape index (κ1) is 16.3. The fraction of sp³-hybridized carbons (Fsp3) is 0.625. The number of ether oxygens (including phenoxy) is 1. The van der Waals surface area contributed by atoms with Gasteiger partial charge < -0.3 is 4.74 Å². The third-order valence-electron chi connectivity index (χ3n) is 4.29. The second kappa shape index (κ2) is 6.36. The van der Waals surface area contributed by atoms with Crippen LogP contribution in [0.2, 0.25) is 0 Å². The lowest BCUT2D eigenvalue weighted by molar-refractivity contribution is 0.283. The van der Waals surface area contributed by atoms with E-state index in [1.807, 2.05) is 20.8 Å². The molecular formula is C16H25NO3S. The van der Waals surface area contributed by atoms with Gasteiger partial charge in [-0.1, -0.05) is 12.1 Å². The minimum Gasteiger partial charge on any atom is -0.496 e. The lowest BCUT2D eigenvalue weighted by Crippen LogP contribution is -2.26. The molecule has 0 aromatic heterocycles. The topological polar surface area (TPSA) is 46.6 Å². The van der Waals surface area contributed by atoms with E-state index in [0.29, 0.717) is 6.54 Å². The maximum absolute atomic E-state index is 11.9. The number of hydrogen-bond donors (Lipinski definition) is 0. The van der Waals surface area contributed by atoms with Crippen molar-refractivity contribution in [1.82, 2.24) is 4.90 Å². The first-order valence-electron chi connectivity index (χ1n) is 7.41. The van der Waals surface area contributed by atoms with Crippen LogP contribution in [0.25, 0.3) is 0 Å². The number of nitrogens with zero attached hydrogens (tertiary/aromatic N) is 1. The van der Waals surface area contributed by atoms with Gasteiger partial charge in [0.1, 0.15) is 5.75 Å². The molecule has 0 radical (unpaired) electrons. The van der Waals surface area contributed by atoms with E-state index in [1.165, 1.54) is 5.56 Å². The second-order valence-corrected chi connectivity index (χ2v) is 8.54. The predicted octanol–water partition coefficient (Wildman–Crippen LogP) is 2.32. The van der Waals surface area contributed by atoms with Crippen molar-refractivity contribution in [3.8, 4) is 5.75 Å². The number of methoxy groups -OCH3 is 1. The molecule has 21 heavy (non-hydrogen) atoms. The van der Waals surface area contributed by atoms with Gasteiger partial charge in [0, 0.05) is 13.1 Å². The quantitative estimate of drug-likeness (QED) is 0.859. The normalized spacial score (nSPS) is 22.8. The number of aryl methyl sites for hydroxylation is 2. The van der Waals surface area contributed by atoms with Crippen molar-refractivity contribution in [2.75, 3.05) is 26.0 Å². The van der Waals surface area contributed by atoms with Crippen molar-refractivity contribution in [1.29, 1.82) is 0 Å². The molecule has 0 amide bonds. The second-order valence-electron chi connectivity index (χ2n) is 6.01. The monoisotopic (exact) mass is 311 g/mol. The summed E-state index contributed by atoms with van der Waals surface area (Å²) in [5.41, 5.74) is 3.48. The molecule has 1 aromatic rings. The summed E-state index contributed by atoms with van der Waals surface area (Å²) in [5.74, 6) is 1.20. The summed E-state index contributed by atoms with van der Waals surface area (Å²) >= 11 is 0. The smallest absolute Gasteiger partial charge is 0.154 e. The maximum Gasteiger partial charge on any atom is 0.154 e. The van der Waals surface area contributed by atoms with Crippen molar-refractivity contribution < 1.29 is 13.2 Å². The van der Waals surface area contributed by atoms with Crippen molar-refractivity contribution >= 4 is 9.84 Å². The Morgan fingerprint density at radius 1 is 1.24 bits per heavy atom. The van der Waals surface area contributed by atoms with Crippen LogP contribution in [0.5, 0.6) is 5.75 Å². The van der Waals surface area contributed by atoms with Gasteiger partial charge in [0.05, 0.1) is 18.1 Å². The molecule has 0 saturated carbocycles. The third kappa shape index (κ3) is 3.77. The van der Waals surface area contributed by atoms with Gasteiger partial charge in [0.2, 0.25) is 0 Å². The fourth-order valence-corrected chi connectivity index (χ4v) is 4.36. The summed E-state index contributed by atoms with van der Waals surface area (Å²) in [6.45, 7) is 8.17. The van der Waals surface area contributed by atoms with Gasteiger partial charge in [-0.2, -0.15) is 0 Å². The maximum atomic E-state index is 11.9. The molecule has 0 spiro atoms. The molecule has 2 rings (SSSR count). The summed E-state index contributed by atoms with van der Waals surface area (Å²) in [6, 6.07) is 4.27. The van der Waals surface area contributed by atoms with Crippen molar-refractivity contribution in [2.45, 2.75) is 39.0 Å². The van der Waals surface area contributed by atoms with Crippen LogP contribution in [-0.4, -0.2) is 44.5 Å². The number of hydrogen-bond acceptors (Lipinski definition) is 4. The van der Waals surface area contributed by atoms with E-state index in [0.717, 1.165) is 36.4 Å². The molecule has 5 heteroatoms. The highest BCUT2D eigenvalue weighted by molar-refractivity contribution is 7.92. The van der Waals surface area contributed by atoms with Crippen LogP contribution in [0, 0.1) is 13.8 Å². The highest BCUT2D eigenvalue weighted by Crippen LogP contribution is 2.25. The van der Waals surface area contributed by atoms with E-state index in [1.54, 1.807) is 7.11 Å². The van der Waals surface area contributed by atoms with Gasteiger partial charge in [-0.25, -0.2) is 8.42 Å². The van der Waals surface area contributed by atoms with E-state index in [2.05, 4.69) is 17.0 Å². The Morgan fingerprint density at radius 2 is 1.86 bits per heavy atom. The van der Waals surface area contributed by atoms with E-state index >= 15 is 0 Å². The number of sulfone groups is 1. The average Bonchev–Trinajstić information content (AvgIpc) is 2.52.